The maximum Gasteiger partial charge on any atom is 0.316 e. The summed E-state index contributed by atoms with van der Waals surface area (Å²) in [6.07, 6.45) is 1.10. The Hall–Kier alpha value is -1.35. The van der Waals surface area contributed by atoms with Gasteiger partial charge in [-0.3, -0.25) is 0 Å². The Balaban J connectivity index is 2.54. The molecule has 9 heteroatoms. The first kappa shape index (κ1) is 12.7. The van der Waals surface area contributed by atoms with E-state index in [9.17, 15) is 8.42 Å². The molecule has 0 fully saturated rings. The number of hydrogen-bond donors (Lipinski definition) is 3. The standard InChI is InChI=1S/C7H15N5O3S/c1-7(2,12-16(3,13)14)4-9-6-11-10-5(8)15-6/h12H,4H2,1-3H3,(H2,8,10)(H,9,11). The van der Waals surface area contributed by atoms with E-state index < -0.39 is 15.6 Å². The van der Waals surface area contributed by atoms with Gasteiger partial charge in [0.2, 0.25) is 10.0 Å². The molecule has 0 radical (unpaired) electrons. The Morgan fingerprint density at radius 1 is 1.44 bits per heavy atom. The Labute approximate surface area is 93.7 Å². The molecule has 0 unspecified atom stereocenters. The smallest absolute Gasteiger partial charge is 0.316 e. The van der Waals surface area contributed by atoms with Crippen molar-refractivity contribution in [3.8, 4) is 0 Å². The first-order valence-electron chi connectivity index (χ1n) is 4.50. The van der Waals surface area contributed by atoms with Gasteiger partial charge < -0.3 is 15.5 Å². The van der Waals surface area contributed by atoms with Crippen molar-refractivity contribution in [1.29, 1.82) is 0 Å². The van der Waals surface area contributed by atoms with E-state index in [1.54, 1.807) is 13.8 Å². The summed E-state index contributed by atoms with van der Waals surface area (Å²) in [7, 11) is -3.26. The lowest BCUT2D eigenvalue weighted by atomic mass is 10.1. The van der Waals surface area contributed by atoms with Crippen LogP contribution in [-0.2, 0) is 10.0 Å². The molecule has 0 amide bonds. The predicted molar refractivity (Wildman–Crippen MR) is 59.3 cm³/mol. The number of nitrogens with one attached hydrogen (secondary N) is 2. The van der Waals surface area contributed by atoms with Crippen LogP contribution in [0.15, 0.2) is 4.42 Å². The number of anilines is 2. The minimum atomic E-state index is -3.26. The van der Waals surface area contributed by atoms with Gasteiger partial charge in [0.05, 0.1) is 6.26 Å². The maximum absolute atomic E-state index is 11.1. The third-order valence-electron chi connectivity index (χ3n) is 1.58. The van der Waals surface area contributed by atoms with E-state index in [4.69, 9.17) is 10.2 Å². The third-order valence-corrected chi connectivity index (χ3v) is 2.51. The second-order valence-electron chi connectivity index (χ2n) is 4.06. The molecule has 1 heterocycles. The van der Waals surface area contributed by atoms with Crippen molar-refractivity contribution in [3.63, 3.8) is 0 Å². The van der Waals surface area contributed by atoms with Crippen molar-refractivity contribution in [3.05, 3.63) is 0 Å². The van der Waals surface area contributed by atoms with Crippen LogP contribution in [-0.4, -0.2) is 37.0 Å². The minimum Gasteiger partial charge on any atom is -0.390 e. The summed E-state index contributed by atoms with van der Waals surface area (Å²) < 4.78 is 29.4. The summed E-state index contributed by atoms with van der Waals surface area (Å²) in [5, 5.41) is 9.82. The minimum absolute atomic E-state index is 0.0450. The maximum atomic E-state index is 11.1. The fourth-order valence-electron chi connectivity index (χ4n) is 1.14. The molecule has 0 saturated heterocycles. The number of hydrogen-bond acceptors (Lipinski definition) is 7. The molecule has 0 aromatic carbocycles. The molecule has 92 valence electrons. The number of nitrogen functional groups attached to an aromatic ring is 1. The SMILES string of the molecule is CC(C)(CNc1nnc(N)o1)NS(C)(=O)=O. The van der Waals surface area contributed by atoms with Gasteiger partial charge >= 0.3 is 12.0 Å². The van der Waals surface area contributed by atoms with Crippen LogP contribution in [0.5, 0.6) is 0 Å². The zero-order valence-corrected chi connectivity index (χ0v) is 10.1. The first-order valence-corrected chi connectivity index (χ1v) is 6.39. The first-order chi connectivity index (χ1) is 7.18. The average Bonchev–Trinajstić information content (AvgIpc) is 2.44. The summed E-state index contributed by atoms with van der Waals surface area (Å²) in [5.74, 6) is 0. The fraction of sp³-hybridized carbons (Fsp3) is 0.714. The van der Waals surface area contributed by atoms with Gasteiger partial charge in [0.1, 0.15) is 0 Å². The molecule has 0 bridgehead atoms. The number of rotatable bonds is 5. The van der Waals surface area contributed by atoms with Crippen LogP contribution in [0, 0.1) is 0 Å². The highest BCUT2D eigenvalue weighted by Crippen LogP contribution is 2.09. The molecule has 0 spiro atoms. The van der Waals surface area contributed by atoms with Crippen molar-refractivity contribution in [2.75, 3.05) is 23.9 Å². The van der Waals surface area contributed by atoms with Crippen LogP contribution in [0.25, 0.3) is 0 Å². The highest BCUT2D eigenvalue weighted by Gasteiger charge is 2.22. The third kappa shape index (κ3) is 4.45. The molecule has 0 aliphatic heterocycles. The molecular weight excluding hydrogens is 234 g/mol. The number of nitrogens with zero attached hydrogens (tertiary/aromatic N) is 2. The highest BCUT2D eigenvalue weighted by atomic mass is 32.2. The molecule has 0 aliphatic rings. The van der Waals surface area contributed by atoms with Crippen LogP contribution in [0.1, 0.15) is 13.8 Å². The summed E-state index contributed by atoms with van der Waals surface area (Å²) in [6.45, 7) is 3.74. The van der Waals surface area contributed by atoms with E-state index in [1.165, 1.54) is 0 Å². The molecule has 8 nitrogen and oxygen atoms in total. The Morgan fingerprint density at radius 2 is 2.06 bits per heavy atom. The van der Waals surface area contributed by atoms with Crippen molar-refractivity contribution in [1.82, 2.24) is 14.9 Å². The van der Waals surface area contributed by atoms with Gasteiger partial charge in [0.25, 0.3) is 0 Å². The largest absolute Gasteiger partial charge is 0.390 e. The molecule has 0 aliphatic carbocycles. The summed E-state index contributed by atoms with van der Waals surface area (Å²) in [4.78, 5) is 0. The highest BCUT2D eigenvalue weighted by molar-refractivity contribution is 7.88. The van der Waals surface area contributed by atoms with E-state index >= 15 is 0 Å². The van der Waals surface area contributed by atoms with E-state index in [-0.39, 0.29) is 12.0 Å². The predicted octanol–water partition coefficient (Wildman–Crippen LogP) is -0.608. The molecule has 16 heavy (non-hydrogen) atoms. The van der Waals surface area contributed by atoms with Gasteiger partial charge in [0.15, 0.2) is 0 Å². The van der Waals surface area contributed by atoms with Gasteiger partial charge in [-0.25, -0.2) is 13.1 Å². The van der Waals surface area contributed by atoms with Gasteiger partial charge in [-0.15, -0.1) is 0 Å². The van der Waals surface area contributed by atoms with E-state index in [0.29, 0.717) is 6.54 Å². The number of nitrogens with two attached hydrogens (primary N) is 1. The molecule has 1 aromatic heterocycles. The quantitative estimate of drug-likeness (QED) is 0.636. The summed E-state index contributed by atoms with van der Waals surface area (Å²) >= 11 is 0. The van der Waals surface area contributed by atoms with E-state index in [1.807, 2.05) is 0 Å². The lowest BCUT2D eigenvalue weighted by Gasteiger charge is -2.24. The van der Waals surface area contributed by atoms with Gasteiger partial charge in [0, 0.05) is 12.1 Å². The van der Waals surface area contributed by atoms with Crippen LogP contribution in [0.4, 0.5) is 12.0 Å². The summed E-state index contributed by atoms with van der Waals surface area (Å²) in [6, 6.07) is 0.109. The molecule has 0 saturated carbocycles. The topological polar surface area (TPSA) is 123 Å². The fourth-order valence-corrected chi connectivity index (χ4v) is 2.22. The second kappa shape index (κ2) is 4.26. The van der Waals surface area contributed by atoms with E-state index in [0.717, 1.165) is 6.26 Å². The molecule has 4 N–H and O–H groups in total. The zero-order chi connectivity index (χ0) is 12.4. The lowest BCUT2D eigenvalue weighted by Crippen LogP contribution is -2.47. The summed E-state index contributed by atoms with van der Waals surface area (Å²) in [5.41, 5.74) is 4.56. The monoisotopic (exact) mass is 249 g/mol. The molecule has 0 atom stereocenters. The van der Waals surface area contributed by atoms with Crippen LogP contribution in [0.2, 0.25) is 0 Å². The van der Waals surface area contributed by atoms with Crippen LogP contribution < -0.4 is 15.8 Å². The molecule has 1 aromatic rings. The zero-order valence-electron chi connectivity index (χ0n) is 9.31. The Bertz CT molecular complexity index is 452. The Morgan fingerprint density at radius 3 is 2.50 bits per heavy atom. The van der Waals surface area contributed by atoms with Crippen LogP contribution >= 0.6 is 0 Å². The Kier molecular flexibility index (Phi) is 3.38. The number of aromatic nitrogens is 2. The number of sulfonamides is 1. The average molecular weight is 249 g/mol. The molecular formula is C7H15N5O3S. The van der Waals surface area contributed by atoms with Crippen LogP contribution in [0.3, 0.4) is 0 Å². The van der Waals surface area contributed by atoms with Crippen molar-refractivity contribution >= 4 is 22.1 Å². The van der Waals surface area contributed by atoms with Gasteiger partial charge in [-0.05, 0) is 13.8 Å². The van der Waals surface area contributed by atoms with E-state index in [2.05, 4.69) is 20.2 Å². The van der Waals surface area contributed by atoms with Crippen molar-refractivity contribution < 1.29 is 12.8 Å². The molecule has 1 rings (SSSR count). The lowest BCUT2D eigenvalue weighted by molar-refractivity contribution is 0.468. The second-order valence-corrected chi connectivity index (χ2v) is 5.81. The van der Waals surface area contributed by atoms with Crippen molar-refractivity contribution in [2.24, 2.45) is 0 Å². The van der Waals surface area contributed by atoms with Crippen molar-refractivity contribution in [2.45, 2.75) is 19.4 Å². The van der Waals surface area contributed by atoms with Gasteiger partial charge in [-0.2, -0.15) is 0 Å². The normalized spacial score (nSPS) is 12.7. The van der Waals surface area contributed by atoms with Gasteiger partial charge in [-0.1, -0.05) is 10.2 Å².